The van der Waals surface area contributed by atoms with Gasteiger partial charge >= 0.3 is 0 Å². The van der Waals surface area contributed by atoms with Gasteiger partial charge in [-0.05, 0) is 0 Å². The topological polar surface area (TPSA) is 31.0 Å². The molecule has 3 aliphatic rings. The third kappa shape index (κ3) is 0.646. The molecule has 3 fully saturated rings. The van der Waals surface area contributed by atoms with Gasteiger partial charge in [0.2, 0.25) is 0 Å². The van der Waals surface area contributed by atoms with E-state index in [1.54, 1.807) is 0 Å². The third-order valence-corrected chi connectivity index (χ3v) is 2.51. The lowest BCUT2D eigenvalue weighted by Crippen LogP contribution is -2.34. The van der Waals surface area contributed by atoms with Gasteiger partial charge in [0.15, 0.2) is 6.29 Å². The SMILES string of the molecule is C#C[C@H]1[C@@H]2O[C@@H]2[C@@H]2OC[C@H]1O2. The number of epoxide rings is 1. The van der Waals surface area contributed by atoms with E-state index < -0.39 is 0 Å². The minimum absolute atomic E-state index is 0.0775. The first-order valence-corrected chi connectivity index (χ1v) is 3.79. The number of hydrogen-bond donors (Lipinski definition) is 0. The van der Waals surface area contributed by atoms with Gasteiger partial charge in [-0.3, -0.25) is 0 Å². The highest BCUT2D eigenvalue weighted by molar-refractivity contribution is 5.13. The fraction of sp³-hybridized carbons (Fsp3) is 0.750. The molecule has 3 saturated heterocycles. The summed E-state index contributed by atoms with van der Waals surface area (Å²) in [5.74, 6) is 2.80. The van der Waals surface area contributed by atoms with E-state index in [-0.39, 0.29) is 30.5 Å². The van der Waals surface area contributed by atoms with Crippen LogP contribution < -0.4 is 0 Å². The molecule has 0 N–H and O–H groups in total. The molecule has 5 atom stereocenters. The number of ether oxygens (including phenoxy) is 3. The Hall–Kier alpha value is -0.560. The average molecular weight is 152 g/mol. The van der Waals surface area contributed by atoms with Crippen LogP contribution in [0.5, 0.6) is 0 Å². The van der Waals surface area contributed by atoms with Crippen LogP contribution >= 0.6 is 0 Å². The maximum Gasteiger partial charge on any atom is 0.186 e. The third-order valence-electron chi connectivity index (χ3n) is 2.51. The monoisotopic (exact) mass is 152 g/mol. The Labute approximate surface area is 64.6 Å². The molecule has 0 aromatic rings. The highest BCUT2D eigenvalue weighted by Gasteiger charge is 2.60. The first-order valence-electron chi connectivity index (χ1n) is 3.79. The van der Waals surface area contributed by atoms with Gasteiger partial charge in [-0.2, -0.15) is 0 Å². The van der Waals surface area contributed by atoms with Crippen molar-refractivity contribution in [3.63, 3.8) is 0 Å². The maximum absolute atomic E-state index is 5.46. The molecule has 0 saturated carbocycles. The second-order valence-corrected chi connectivity index (χ2v) is 3.13. The van der Waals surface area contributed by atoms with Crippen LogP contribution in [0, 0.1) is 18.3 Å². The molecule has 3 rings (SSSR count). The number of terminal acetylenes is 1. The van der Waals surface area contributed by atoms with Gasteiger partial charge in [-0.15, -0.1) is 6.42 Å². The van der Waals surface area contributed by atoms with E-state index in [0.29, 0.717) is 6.61 Å². The summed E-state index contributed by atoms with van der Waals surface area (Å²) < 4.78 is 16.1. The minimum Gasteiger partial charge on any atom is -0.363 e. The minimum atomic E-state index is -0.130. The van der Waals surface area contributed by atoms with E-state index >= 15 is 0 Å². The van der Waals surface area contributed by atoms with Crippen LogP contribution in [0.3, 0.4) is 0 Å². The van der Waals surface area contributed by atoms with E-state index in [4.69, 9.17) is 20.6 Å². The van der Waals surface area contributed by atoms with Gasteiger partial charge in [-0.1, -0.05) is 5.92 Å². The van der Waals surface area contributed by atoms with Crippen LogP contribution in [0.2, 0.25) is 0 Å². The first kappa shape index (κ1) is 6.01. The Kier molecular flexibility index (Phi) is 0.972. The Morgan fingerprint density at radius 3 is 3.00 bits per heavy atom. The lowest BCUT2D eigenvalue weighted by Gasteiger charge is -2.18. The standard InChI is InChI=1S/C8H8O3/c1-2-4-5-3-9-8(10-5)7-6(4)11-7/h1,4-8H,3H2/t4-,5-,6+,7+,8-/m1/s1. The van der Waals surface area contributed by atoms with Gasteiger partial charge in [0.1, 0.15) is 18.3 Å². The molecule has 0 unspecified atom stereocenters. The van der Waals surface area contributed by atoms with E-state index in [2.05, 4.69) is 5.92 Å². The predicted octanol–water partition coefficient (Wildman–Crippen LogP) is -0.242. The highest BCUT2D eigenvalue weighted by Crippen LogP contribution is 2.44. The highest BCUT2D eigenvalue weighted by atomic mass is 16.8. The fourth-order valence-electron chi connectivity index (χ4n) is 1.86. The summed E-state index contributed by atoms with van der Waals surface area (Å²) >= 11 is 0. The normalized spacial score (nSPS) is 58.3. The molecule has 11 heavy (non-hydrogen) atoms. The summed E-state index contributed by atoms with van der Waals surface area (Å²) in [5.41, 5.74) is 0. The van der Waals surface area contributed by atoms with Crippen molar-refractivity contribution in [3.8, 4) is 12.3 Å². The van der Waals surface area contributed by atoms with Crippen molar-refractivity contribution in [1.82, 2.24) is 0 Å². The molecule has 3 aliphatic heterocycles. The summed E-state index contributed by atoms with van der Waals surface area (Å²) in [6.07, 6.45) is 5.62. The lowest BCUT2D eigenvalue weighted by molar-refractivity contribution is -0.0839. The zero-order chi connectivity index (χ0) is 7.42. The lowest BCUT2D eigenvalue weighted by atomic mass is 9.96. The smallest absolute Gasteiger partial charge is 0.186 e. The van der Waals surface area contributed by atoms with E-state index in [9.17, 15) is 0 Å². The van der Waals surface area contributed by atoms with Crippen LogP contribution in [-0.4, -0.2) is 31.2 Å². The molecule has 0 radical (unpaired) electrons. The summed E-state index contributed by atoms with van der Waals surface area (Å²) in [5, 5.41) is 0. The Morgan fingerprint density at radius 1 is 1.27 bits per heavy atom. The van der Waals surface area contributed by atoms with Crippen molar-refractivity contribution < 1.29 is 14.2 Å². The number of fused-ring (bicyclic) bond motifs is 4. The molecular weight excluding hydrogens is 144 g/mol. The maximum atomic E-state index is 5.46. The molecular formula is C8H8O3. The molecule has 58 valence electrons. The van der Waals surface area contributed by atoms with Gasteiger partial charge in [0.25, 0.3) is 0 Å². The van der Waals surface area contributed by atoms with Crippen LogP contribution in [0.4, 0.5) is 0 Å². The van der Waals surface area contributed by atoms with E-state index in [1.807, 2.05) is 0 Å². The van der Waals surface area contributed by atoms with Crippen LogP contribution in [0.1, 0.15) is 0 Å². The quantitative estimate of drug-likeness (QED) is 0.354. The summed E-state index contributed by atoms with van der Waals surface area (Å²) in [6.45, 7) is 0.635. The number of hydrogen-bond acceptors (Lipinski definition) is 3. The molecule has 3 heterocycles. The largest absolute Gasteiger partial charge is 0.363 e. The number of rotatable bonds is 0. The average Bonchev–Trinajstić information content (AvgIpc) is 2.69. The summed E-state index contributed by atoms with van der Waals surface area (Å²) in [4.78, 5) is 0. The van der Waals surface area contributed by atoms with Gasteiger partial charge in [0, 0.05) is 0 Å². The summed E-state index contributed by atoms with van der Waals surface area (Å²) in [6, 6.07) is 0. The van der Waals surface area contributed by atoms with Crippen molar-refractivity contribution in [1.29, 1.82) is 0 Å². The molecule has 0 aromatic carbocycles. The van der Waals surface area contributed by atoms with Crippen molar-refractivity contribution >= 4 is 0 Å². The van der Waals surface area contributed by atoms with E-state index in [0.717, 1.165) is 0 Å². The molecule has 2 bridgehead atoms. The van der Waals surface area contributed by atoms with Gasteiger partial charge in [0.05, 0.1) is 12.5 Å². The molecule has 3 nitrogen and oxygen atoms in total. The second-order valence-electron chi connectivity index (χ2n) is 3.13. The predicted molar refractivity (Wildman–Crippen MR) is 35.6 cm³/mol. The van der Waals surface area contributed by atoms with Crippen molar-refractivity contribution in [2.24, 2.45) is 5.92 Å². The molecule has 0 aromatic heterocycles. The Balaban J connectivity index is 1.92. The molecule has 3 heteroatoms. The van der Waals surface area contributed by atoms with Crippen LogP contribution in [-0.2, 0) is 14.2 Å². The summed E-state index contributed by atoms with van der Waals surface area (Å²) in [7, 11) is 0. The fourth-order valence-corrected chi connectivity index (χ4v) is 1.86. The molecule has 0 amide bonds. The zero-order valence-electron chi connectivity index (χ0n) is 5.90. The molecule has 0 aliphatic carbocycles. The van der Waals surface area contributed by atoms with Crippen LogP contribution in [0.15, 0.2) is 0 Å². The van der Waals surface area contributed by atoms with Crippen molar-refractivity contribution in [3.05, 3.63) is 0 Å². The Bertz CT molecular complexity index is 232. The van der Waals surface area contributed by atoms with Crippen LogP contribution in [0.25, 0.3) is 0 Å². The zero-order valence-corrected chi connectivity index (χ0v) is 5.90. The second kappa shape index (κ2) is 1.78. The van der Waals surface area contributed by atoms with E-state index in [1.165, 1.54) is 0 Å². The van der Waals surface area contributed by atoms with Gasteiger partial charge < -0.3 is 14.2 Å². The first-order chi connectivity index (χ1) is 5.40. The Morgan fingerprint density at radius 2 is 2.18 bits per heavy atom. The molecule has 0 spiro atoms. The van der Waals surface area contributed by atoms with Crippen molar-refractivity contribution in [2.75, 3.05) is 6.61 Å². The van der Waals surface area contributed by atoms with Crippen molar-refractivity contribution in [2.45, 2.75) is 24.6 Å². The van der Waals surface area contributed by atoms with Gasteiger partial charge in [-0.25, -0.2) is 0 Å².